The van der Waals surface area contributed by atoms with E-state index in [9.17, 15) is 28.8 Å². The second kappa shape index (κ2) is 16.3. The molecular weight excluding hydrogens is 778 g/mol. The molecule has 0 radical (unpaired) electrons. The highest BCUT2D eigenvalue weighted by atomic mass is 35.5. The van der Waals surface area contributed by atoms with Crippen molar-refractivity contribution in [2.45, 2.75) is 38.6 Å². The highest BCUT2D eigenvalue weighted by molar-refractivity contribution is 6.33. The van der Waals surface area contributed by atoms with Gasteiger partial charge in [-0.2, -0.15) is 0 Å². The normalized spacial score (nSPS) is 19.0. The van der Waals surface area contributed by atoms with Gasteiger partial charge in [0.05, 0.1) is 21.7 Å². The van der Waals surface area contributed by atoms with Gasteiger partial charge in [-0.25, -0.2) is 4.98 Å². The lowest BCUT2D eigenvalue weighted by atomic mass is 9.95. The van der Waals surface area contributed by atoms with Crippen LogP contribution in [0.3, 0.4) is 0 Å². The lowest BCUT2D eigenvalue weighted by Gasteiger charge is -2.40. The minimum Gasteiger partial charge on any atom is -0.478 e. The average molecular weight is 824 g/mol. The number of hydrogen-bond acceptors (Lipinski definition) is 12. The maximum Gasteiger partial charge on any atom is 0.293 e. The van der Waals surface area contributed by atoms with Crippen LogP contribution in [0.1, 0.15) is 52.0 Å². The summed E-state index contributed by atoms with van der Waals surface area (Å²) in [4.78, 5) is 88.2. The number of aryl methyl sites for hydroxylation is 2. The molecule has 0 aliphatic carbocycles. The number of benzene rings is 2. The van der Waals surface area contributed by atoms with Gasteiger partial charge in [0.1, 0.15) is 11.9 Å². The van der Waals surface area contributed by atoms with Crippen LogP contribution in [-0.2, 0) is 21.4 Å². The number of nitrogens with one attached hydrogen (secondary N) is 3. The van der Waals surface area contributed by atoms with Gasteiger partial charge in [-0.1, -0.05) is 11.6 Å². The third kappa shape index (κ3) is 7.93. The van der Waals surface area contributed by atoms with E-state index in [4.69, 9.17) is 21.3 Å². The molecule has 4 aromatic rings. The monoisotopic (exact) mass is 823 g/mol. The Balaban J connectivity index is 0.857. The largest absolute Gasteiger partial charge is 0.478 e. The molecule has 0 saturated carbocycles. The van der Waals surface area contributed by atoms with Gasteiger partial charge >= 0.3 is 0 Å². The van der Waals surface area contributed by atoms with Crippen LogP contribution in [0, 0.1) is 12.8 Å². The molecule has 3 N–H and O–H groups in total. The molecular formula is C42H46ClN9O7. The molecule has 4 aliphatic heterocycles. The van der Waals surface area contributed by atoms with Gasteiger partial charge in [0.2, 0.25) is 11.8 Å². The van der Waals surface area contributed by atoms with Crippen LogP contribution in [-0.4, -0.2) is 114 Å². The molecule has 8 rings (SSSR count). The molecule has 308 valence electrons. The minimum atomic E-state index is -0.982. The molecule has 17 heteroatoms. The number of aromatic nitrogens is 2. The second-order valence-electron chi connectivity index (χ2n) is 15.6. The van der Waals surface area contributed by atoms with Crippen molar-refractivity contribution in [2.24, 2.45) is 13.0 Å². The first-order chi connectivity index (χ1) is 28.4. The fraction of sp³-hybridized carbons (Fsp3) is 0.405. The van der Waals surface area contributed by atoms with Gasteiger partial charge in [-0.15, -0.1) is 0 Å². The molecule has 3 fully saturated rings. The molecule has 3 saturated heterocycles. The van der Waals surface area contributed by atoms with E-state index in [2.05, 4.69) is 30.7 Å². The molecule has 6 heterocycles. The SMILES string of the molecule is CNC(=O)COc1cc2cc(Nc3nc(N4CCN(CC5CCN(c6ccc7c(c6)C(=O)N(C6CCC(=O)NC6=O)C7=O)CC5)CC4)c(C)cc3Cl)ccc2n(C)c1=O. The number of likely N-dealkylation sites (N-methyl/N-ethyl adjacent to an activating group) is 1. The Morgan fingerprint density at radius 3 is 2.37 bits per heavy atom. The summed E-state index contributed by atoms with van der Waals surface area (Å²) in [6, 6.07) is 13.5. The average Bonchev–Trinajstić information content (AvgIpc) is 3.47. The number of amides is 5. The molecule has 1 unspecified atom stereocenters. The molecule has 59 heavy (non-hydrogen) atoms. The summed E-state index contributed by atoms with van der Waals surface area (Å²) < 4.78 is 7.01. The summed E-state index contributed by atoms with van der Waals surface area (Å²) in [7, 11) is 3.16. The van der Waals surface area contributed by atoms with E-state index < -0.39 is 29.7 Å². The summed E-state index contributed by atoms with van der Waals surface area (Å²) in [6.45, 7) is 7.81. The Morgan fingerprint density at radius 2 is 1.64 bits per heavy atom. The van der Waals surface area contributed by atoms with Crippen LogP contribution >= 0.6 is 11.6 Å². The van der Waals surface area contributed by atoms with Crippen molar-refractivity contribution < 1.29 is 28.7 Å². The zero-order valence-corrected chi connectivity index (χ0v) is 33.9. The highest BCUT2D eigenvalue weighted by Gasteiger charge is 2.45. The second-order valence-corrected chi connectivity index (χ2v) is 16.0. The first-order valence-corrected chi connectivity index (χ1v) is 20.3. The van der Waals surface area contributed by atoms with Crippen molar-refractivity contribution in [3.05, 3.63) is 80.6 Å². The van der Waals surface area contributed by atoms with Crippen LogP contribution < -0.4 is 36.0 Å². The number of ether oxygens (including phenoxy) is 1. The minimum absolute atomic E-state index is 0.0790. The van der Waals surface area contributed by atoms with E-state index in [1.165, 1.54) is 11.6 Å². The Labute approximate surface area is 345 Å². The van der Waals surface area contributed by atoms with E-state index in [-0.39, 0.29) is 42.2 Å². The fourth-order valence-electron chi connectivity index (χ4n) is 8.50. The van der Waals surface area contributed by atoms with Crippen molar-refractivity contribution >= 4 is 75.1 Å². The maximum atomic E-state index is 13.4. The number of carbonyl (C=O) groups excluding carboxylic acids is 5. The quantitative estimate of drug-likeness (QED) is 0.199. The number of hydrogen-bond donors (Lipinski definition) is 3. The number of halogens is 1. The number of fused-ring (bicyclic) bond motifs is 2. The topological polar surface area (TPSA) is 179 Å². The van der Waals surface area contributed by atoms with E-state index in [1.54, 1.807) is 25.2 Å². The molecule has 16 nitrogen and oxygen atoms in total. The molecule has 0 spiro atoms. The number of anilines is 4. The molecule has 2 aromatic heterocycles. The van der Waals surface area contributed by atoms with Crippen LogP contribution in [0.25, 0.3) is 10.9 Å². The van der Waals surface area contributed by atoms with Crippen molar-refractivity contribution in [1.29, 1.82) is 0 Å². The lowest BCUT2D eigenvalue weighted by molar-refractivity contribution is -0.136. The highest BCUT2D eigenvalue weighted by Crippen LogP contribution is 2.34. The van der Waals surface area contributed by atoms with E-state index >= 15 is 0 Å². The van der Waals surface area contributed by atoms with E-state index in [0.29, 0.717) is 27.8 Å². The molecule has 4 aliphatic rings. The van der Waals surface area contributed by atoms with E-state index in [1.807, 2.05) is 37.3 Å². The Morgan fingerprint density at radius 1 is 0.898 bits per heavy atom. The first-order valence-electron chi connectivity index (χ1n) is 19.9. The zero-order valence-electron chi connectivity index (χ0n) is 33.2. The summed E-state index contributed by atoms with van der Waals surface area (Å²) in [5, 5.41) is 9.32. The van der Waals surface area contributed by atoms with Gasteiger partial charge in [0.25, 0.3) is 23.3 Å². The predicted molar refractivity (Wildman–Crippen MR) is 223 cm³/mol. The van der Waals surface area contributed by atoms with Crippen molar-refractivity contribution in [3.63, 3.8) is 0 Å². The van der Waals surface area contributed by atoms with Gasteiger partial charge < -0.3 is 29.7 Å². The van der Waals surface area contributed by atoms with Crippen LogP contribution in [0.15, 0.2) is 53.3 Å². The maximum absolute atomic E-state index is 13.4. The molecule has 2 aromatic carbocycles. The van der Waals surface area contributed by atoms with Crippen molar-refractivity contribution in [3.8, 4) is 5.75 Å². The summed E-state index contributed by atoms with van der Waals surface area (Å²) >= 11 is 6.71. The molecule has 1 atom stereocenters. The van der Waals surface area contributed by atoms with Crippen molar-refractivity contribution in [1.82, 2.24) is 30.0 Å². The molecule has 5 amide bonds. The van der Waals surface area contributed by atoms with Crippen molar-refractivity contribution in [2.75, 3.05) is 74.6 Å². The summed E-state index contributed by atoms with van der Waals surface area (Å²) in [6.07, 6.45) is 2.20. The number of imide groups is 2. The predicted octanol–water partition coefficient (Wildman–Crippen LogP) is 3.20. The Kier molecular flexibility index (Phi) is 11.0. The number of piperidine rings is 2. The number of carbonyl (C=O) groups is 5. The third-order valence-corrected chi connectivity index (χ3v) is 12.1. The molecule has 0 bridgehead atoms. The fourth-order valence-corrected chi connectivity index (χ4v) is 8.75. The number of pyridine rings is 2. The Bertz CT molecular complexity index is 2440. The van der Waals surface area contributed by atoms with Gasteiger partial charge in [-0.05, 0) is 86.2 Å². The number of piperazine rings is 1. The number of rotatable bonds is 10. The van der Waals surface area contributed by atoms with Gasteiger partial charge in [0.15, 0.2) is 18.2 Å². The summed E-state index contributed by atoms with van der Waals surface area (Å²) in [5.41, 5.74) is 3.55. The first kappa shape index (κ1) is 39.8. The van der Waals surface area contributed by atoms with Gasteiger partial charge in [-0.3, -0.25) is 43.9 Å². The standard InChI is InChI=1S/C42H46ClN9O7/c1-24-18-31(43)37(45-27-4-7-32-26(19-27)20-34(42(58)48(32)3)59-23-36(54)44-2)47-38(24)51-16-14-49(15-17-51)22-25-10-12-50(13-11-25)28-5-6-29-30(21-28)41(57)52(40(29)56)33-8-9-35(53)46-39(33)55/h4-7,18-21,25,33H,8-17,22-23H2,1-3H3,(H,44,54)(H,45,47)(H,46,53,55). The van der Waals surface area contributed by atoms with Crippen LogP contribution in [0.2, 0.25) is 5.02 Å². The van der Waals surface area contributed by atoms with E-state index in [0.717, 1.165) is 91.7 Å². The summed E-state index contributed by atoms with van der Waals surface area (Å²) in [5.74, 6) is -0.348. The van der Waals surface area contributed by atoms with Gasteiger partial charge in [0, 0.05) is 83.1 Å². The third-order valence-electron chi connectivity index (χ3n) is 11.8. The Hall–Kier alpha value is -6.00. The smallest absolute Gasteiger partial charge is 0.293 e. The zero-order chi connectivity index (χ0) is 41.5. The lowest BCUT2D eigenvalue weighted by Crippen LogP contribution is -2.54. The van der Waals surface area contributed by atoms with Crippen LogP contribution in [0.5, 0.6) is 5.75 Å². The van der Waals surface area contributed by atoms with Crippen LogP contribution in [0.4, 0.5) is 23.0 Å². The number of nitrogens with zero attached hydrogens (tertiary/aromatic N) is 6.